The van der Waals surface area contributed by atoms with Crippen LogP contribution >= 0.6 is 0 Å². The quantitative estimate of drug-likeness (QED) is 0.884. The van der Waals surface area contributed by atoms with E-state index in [1.54, 1.807) is 0 Å². The molecule has 1 N–H and O–H groups in total. The van der Waals surface area contributed by atoms with Gasteiger partial charge in [0.1, 0.15) is 0 Å². The van der Waals surface area contributed by atoms with Crippen molar-refractivity contribution in [2.45, 2.75) is 38.6 Å². The minimum absolute atomic E-state index is 0.0450. The fourth-order valence-corrected chi connectivity index (χ4v) is 3.94. The zero-order valence-corrected chi connectivity index (χ0v) is 16.6. The molecule has 0 spiro atoms. The number of nitrogens with one attached hydrogen (secondary N) is 1. The minimum atomic E-state index is -0.0450. The van der Waals surface area contributed by atoms with E-state index in [2.05, 4.69) is 22.3 Å². The first-order valence-corrected chi connectivity index (χ1v) is 10.1. The molecule has 0 aromatic heterocycles. The Labute approximate surface area is 162 Å². The Balaban J connectivity index is 1.42. The third-order valence-corrected chi connectivity index (χ3v) is 5.73. The first-order valence-electron chi connectivity index (χ1n) is 10.1. The Kier molecular flexibility index (Phi) is 6.58. The van der Waals surface area contributed by atoms with Crippen LogP contribution in [0.5, 0.6) is 0 Å². The summed E-state index contributed by atoms with van der Waals surface area (Å²) < 4.78 is 0. The maximum Gasteiger partial charge on any atom is 0.317 e. The lowest BCUT2D eigenvalue weighted by atomic mass is 9.88. The molecule has 1 saturated carbocycles. The highest BCUT2D eigenvalue weighted by atomic mass is 16.2. The number of rotatable bonds is 4. The average molecular weight is 373 g/mol. The molecule has 1 aliphatic heterocycles. The van der Waals surface area contributed by atoms with E-state index in [1.165, 1.54) is 19.3 Å². The summed E-state index contributed by atoms with van der Waals surface area (Å²) in [6.07, 6.45) is 5.68. The molecular formula is C21H32N4O2. The molecule has 2 aliphatic rings. The number of hydrogen-bond donors (Lipinski definition) is 1. The van der Waals surface area contributed by atoms with E-state index < -0.39 is 0 Å². The second-order valence-electron chi connectivity index (χ2n) is 7.87. The zero-order valence-electron chi connectivity index (χ0n) is 16.6. The van der Waals surface area contributed by atoms with Gasteiger partial charge in [-0.3, -0.25) is 4.79 Å². The normalized spacial score (nSPS) is 18.3. The number of carbonyl (C=O) groups is 2. The Morgan fingerprint density at radius 2 is 1.56 bits per heavy atom. The number of benzene rings is 1. The zero-order chi connectivity index (χ0) is 19.2. The summed E-state index contributed by atoms with van der Waals surface area (Å²) in [5, 5.41) is 2.99. The van der Waals surface area contributed by atoms with Crippen LogP contribution in [0.1, 0.15) is 37.7 Å². The molecule has 0 unspecified atom stereocenters. The van der Waals surface area contributed by atoms with E-state index in [-0.39, 0.29) is 11.9 Å². The average Bonchev–Trinajstić information content (AvgIpc) is 2.72. The third kappa shape index (κ3) is 5.15. The van der Waals surface area contributed by atoms with Gasteiger partial charge in [0.05, 0.1) is 0 Å². The van der Waals surface area contributed by atoms with Gasteiger partial charge in [0.25, 0.3) is 0 Å². The summed E-state index contributed by atoms with van der Waals surface area (Å²) in [4.78, 5) is 30.9. The van der Waals surface area contributed by atoms with Crippen molar-refractivity contribution in [2.24, 2.45) is 5.92 Å². The summed E-state index contributed by atoms with van der Waals surface area (Å²) in [6.45, 7) is 3.06. The molecule has 0 bridgehead atoms. The summed E-state index contributed by atoms with van der Waals surface area (Å²) in [7, 11) is 4.02. The molecule has 3 amide bonds. The van der Waals surface area contributed by atoms with Crippen molar-refractivity contribution < 1.29 is 9.59 Å². The summed E-state index contributed by atoms with van der Waals surface area (Å²) >= 11 is 0. The van der Waals surface area contributed by atoms with Gasteiger partial charge in [-0.05, 0) is 30.5 Å². The van der Waals surface area contributed by atoms with Crippen LogP contribution < -0.4 is 10.2 Å². The van der Waals surface area contributed by atoms with Crippen LogP contribution in [0.15, 0.2) is 24.3 Å². The van der Waals surface area contributed by atoms with Gasteiger partial charge in [-0.15, -0.1) is 0 Å². The molecule has 148 valence electrons. The number of carbonyl (C=O) groups excluding carboxylic acids is 2. The monoisotopic (exact) mass is 372 g/mol. The van der Waals surface area contributed by atoms with E-state index in [4.69, 9.17) is 0 Å². The summed E-state index contributed by atoms with van der Waals surface area (Å²) in [5.41, 5.74) is 2.23. The van der Waals surface area contributed by atoms with Crippen LogP contribution in [0, 0.1) is 5.92 Å². The molecule has 27 heavy (non-hydrogen) atoms. The summed E-state index contributed by atoms with van der Waals surface area (Å²) in [5.74, 6) is 0.514. The number of amides is 3. The standard InChI is InChI=1S/C21H32N4O2/c1-23(2)19-10-8-17(9-11-19)16-22-21(27)25-14-12-24(13-15-25)20(26)18-6-4-3-5-7-18/h8-11,18H,3-7,12-16H2,1-2H3,(H,22,27). The van der Waals surface area contributed by atoms with Gasteiger partial charge < -0.3 is 20.0 Å². The van der Waals surface area contributed by atoms with Crippen LogP contribution in [0.2, 0.25) is 0 Å². The highest BCUT2D eigenvalue weighted by molar-refractivity contribution is 5.79. The Morgan fingerprint density at radius 1 is 0.963 bits per heavy atom. The van der Waals surface area contributed by atoms with E-state index in [0.29, 0.717) is 38.6 Å². The Morgan fingerprint density at radius 3 is 2.15 bits per heavy atom. The van der Waals surface area contributed by atoms with Crippen LogP contribution in [0.4, 0.5) is 10.5 Å². The molecule has 0 atom stereocenters. The molecule has 6 nitrogen and oxygen atoms in total. The van der Waals surface area contributed by atoms with Gasteiger partial charge in [-0.25, -0.2) is 4.79 Å². The second kappa shape index (κ2) is 9.11. The van der Waals surface area contributed by atoms with Crippen molar-refractivity contribution >= 4 is 17.6 Å². The van der Waals surface area contributed by atoms with Gasteiger partial charge in [0.2, 0.25) is 5.91 Å². The fourth-order valence-electron chi connectivity index (χ4n) is 3.94. The van der Waals surface area contributed by atoms with Crippen LogP contribution in [0.3, 0.4) is 0 Å². The number of piperazine rings is 1. The highest BCUT2D eigenvalue weighted by Gasteiger charge is 2.29. The Bertz CT molecular complexity index is 630. The van der Waals surface area contributed by atoms with Gasteiger partial charge in [-0.1, -0.05) is 31.4 Å². The number of anilines is 1. The van der Waals surface area contributed by atoms with Gasteiger partial charge in [0.15, 0.2) is 0 Å². The lowest BCUT2D eigenvalue weighted by molar-refractivity contribution is -0.138. The molecule has 1 aromatic rings. The minimum Gasteiger partial charge on any atom is -0.378 e. The van der Waals surface area contributed by atoms with E-state index >= 15 is 0 Å². The second-order valence-corrected chi connectivity index (χ2v) is 7.87. The van der Waals surface area contributed by atoms with Crippen molar-refractivity contribution in [3.8, 4) is 0 Å². The van der Waals surface area contributed by atoms with Crippen LogP contribution in [0.25, 0.3) is 0 Å². The van der Waals surface area contributed by atoms with Gasteiger partial charge in [-0.2, -0.15) is 0 Å². The molecule has 1 aromatic carbocycles. The first kappa shape index (κ1) is 19.5. The highest BCUT2D eigenvalue weighted by Crippen LogP contribution is 2.25. The predicted molar refractivity (Wildman–Crippen MR) is 108 cm³/mol. The molecule has 2 fully saturated rings. The molecule has 1 heterocycles. The molecule has 3 rings (SSSR count). The lowest BCUT2D eigenvalue weighted by Crippen LogP contribution is -2.54. The van der Waals surface area contributed by atoms with Crippen molar-refractivity contribution in [3.63, 3.8) is 0 Å². The fraction of sp³-hybridized carbons (Fsp3) is 0.619. The van der Waals surface area contributed by atoms with Crippen molar-refractivity contribution in [1.82, 2.24) is 15.1 Å². The molecule has 0 radical (unpaired) electrons. The van der Waals surface area contributed by atoms with Gasteiger partial charge in [0, 0.05) is 58.4 Å². The maximum atomic E-state index is 12.6. The van der Waals surface area contributed by atoms with Crippen LogP contribution in [-0.2, 0) is 11.3 Å². The SMILES string of the molecule is CN(C)c1ccc(CNC(=O)N2CCN(C(=O)C3CCCCC3)CC2)cc1. The number of hydrogen-bond acceptors (Lipinski definition) is 3. The topological polar surface area (TPSA) is 55.9 Å². The molecule has 6 heteroatoms. The third-order valence-electron chi connectivity index (χ3n) is 5.73. The predicted octanol–water partition coefficient (Wildman–Crippen LogP) is 2.69. The largest absolute Gasteiger partial charge is 0.378 e. The smallest absolute Gasteiger partial charge is 0.317 e. The summed E-state index contributed by atoms with van der Waals surface area (Å²) in [6, 6.07) is 8.14. The van der Waals surface area contributed by atoms with Crippen LogP contribution in [-0.4, -0.2) is 62.0 Å². The van der Waals surface area contributed by atoms with Crippen molar-refractivity contribution in [1.29, 1.82) is 0 Å². The van der Waals surface area contributed by atoms with E-state index in [0.717, 1.165) is 24.1 Å². The number of nitrogens with zero attached hydrogens (tertiary/aromatic N) is 3. The van der Waals surface area contributed by atoms with E-state index in [9.17, 15) is 9.59 Å². The maximum absolute atomic E-state index is 12.6. The molecular weight excluding hydrogens is 340 g/mol. The molecule has 1 aliphatic carbocycles. The van der Waals surface area contributed by atoms with Crippen molar-refractivity contribution in [2.75, 3.05) is 45.2 Å². The first-order chi connectivity index (χ1) is 13.0. The van der Waals surface area contributed by atoms with Crippen molar-refractivity contribution in [3.05, 3.63) is 29.8 Å². The number of urea groups is 1. The lowest BCUT2D eigenvalue weighted by Gasteiger charge is -2.37. The molecule has 1 saturated heterocycles. The van der Waals surface area contributed by atoms with E-state index in [1.807, 2.05) is 36.0 Å². The Hall–Kier alpha value is -2.24. The van der Waals surface area contributed by atoms with Gasteiger partial charge >= 0.3 is 6.03 Å².